The highest BCUT2D eigenvalue weighted by atomic mass is 32.1. The van der Waals surface area contributed by atoms with Gasteiger partial charge in [-0.25, -0.2) is 9.78 Å². The van der Waals surface area contributed by atoms with Gasteiger partial charge in [0.25, 0.3) is 0 Å². The van der Waals surface area contributed by atoms with Gasteiger partial charge in [0.15, 0.2) is 0 Å². The molecule has 33 heavy (non-hydrogen) atoms. The van der Waals surface area contributed by atoms with E-state index < -0.39 is 0 Å². The summed E-state index contributed by atoms with van der Waals surface area (Å²) in [7, 11) is 0. The maximum atomic E-state index is 11.8. The summed E-state index contributed by atoms with van der Waals surface area (Å²) in [6, 6.07) is 17.1. The lowest BCUT2D eigenvalue weighted by Gasteiger charge is -2.10. The molecule has 4 rings (SSSR count). The van der Waals surface area contributed by atoms with E-state index in [-0.39, 0.29) is 5.97 Å². The molecular weight excluding hydrogens is 434 g/mol. The highest BCUT2D eigenvalue weighted by Crippen LogP contribution is 2.26. The number of carbonyl (C=O) groups excluding carboxylic acids is 1. The minimum absolute atomic E-state index is 0.246. The second-order valence-electron chi connectivity index (χ2n) is 7.41. The number of thiophene rings is 1. The van der Waals surface area contributed by atoms with Gasteiger partial charge < -0.3 is 9.47 Å². The van der Waals surface area contributed by atoms with E-state index in [1.165, 1.54) is 11.3 Å². The molecule has 0 fully saturated rings. The number of hydrogen-bond acceptors (Lipinski definition) is 7. The lowest BCUT2D eigenvalue weighted by atomic mass is 10.2. The first-order valence-electron chi connectivity index (χ1n) is 11.0. The summed E-state index contributed by atoms with van der Waals surface area (Å²) in [5.74, 6) is 0.501. The van der Waals surface area contributed by atoms with Crippen LogP contribution in [0.3, 0.4) is 0 Å². The summed E-state index contributed by atoms with van der Waals surface area (Å²) in [4.78, 5) is 25.4. The zero-order chi connectivity index (χ0) is 22.7. The fourth-order valence-corrected chi connectivity index (χ4v) is 3.88. The quantitative estimate of drug-likeness (QED) is 0.200. The van der Waals surface area contributed by atoms with Crippen molar-refractivity contribution in [3.8, 4) is 28.5 Å². The molecule has 0 aliphatic heterocycles. The third-order valence-corrected chi connectivity index (χ3v) is 5.63. The van der Waals surface area contributed by atoms with E-state index in [2.05, 4.69) is 9.97 Å². The van der Waals surface area contributed by atoms with Crippen molar-refractivity contribution in [2.24, 2.45) is 0 Å². The van der Waals surface area contributed by atoms with Gasteiger partial charge in [0, 0.05) is 29.9 Å². The molecule has 6 nitrogen and oxygen atoms in total. The number of unbranched alkanes of at least 4 members (excludes halogenated alkanes) is 3. The molecule has 0 radical (unpaired) electrons. The van der Waals surface area contributed by atoms with Gasteiger partial charge in [0.1, 0.15) is 5.75 Å². The Hall–Kier alpha value is -3.58. The van der Waals surface area contributed by atoms with Crippen LogP contribution in [0.2, 0.25) is 0 Å². The molecule has 0 aromatic carbocycles. The predicted molar refractivity (Wildman–Crippen MR) is 129 cm³/mol. The number of carbonyl (C=O) groups is 1. The van der Waals surface area contributed by atoms with Crippen molar-refractivity contribution in [1.82, 2.24) is 15.0 Å². The first-order valence-corrected chi connectivity index (χ1v) is 11.9. The van der Waals surface area contributed by atoms with Gasteiger partial charge in [-0.2, -0.15) is 11.3 Å². The molecule has 0 unspecified atom stereocenters. The van der Waals surface area contributed by atoms with Crippen LogP contribution in [0.1, 0.15) is 36.0 Å². The number of hydrogen-bond donors (Lipinski definition) is 0. The van der Waals surface area contributed by atoms with Crippen LogP contribution in [0.4, 0.5) is 0 Å². The van der Waals surface area contributed by atoms with Crippen molar-refractivity contribution in [3.63, 3.8) is 0 Å². The molecule has 0 bridgehead atoms. The van der Waals surface area contributed by atoms with Crippen LogP contribution in [0.25, 0.3) is 22.8 Å². The van der Waals surface area contributed by atoms with Crippen LogP contribution < -0.4 is 4.74 Å². The Morgan fingerprint density at radius 3 is 2.03 bits per heavy atom. The second kappa shape index (κ2) is 11.9. The smallest absolute Gasteiger partial charge is 0.338 e. The van der Waals surface area contributed by atoms with Gasteiger partial charge in [0.05, 0.1) is 41.6 Å². The van der Waals surface area contributed by atoms with Gasteiger partial charge in [-0.05, 0) is 61.4 Å². The highest BCUT2D eigenvalue weighted by Gasteiger charge is 2.10. The molecule has 4 heterocycles. The van der Waals surface area contributed by atoms with E-state index in [0.29, 0.717) is 18.8 Å². The minimum Gasteiger partial charge on any atom is -0.493 e. The monoisotopic (exact) mass is 459 g/mol. The topological polar surface area (TPSA) is 74.2 Å². The zero-order valence-electron chi connectivity index (χ0n) is 18.2. The van der Waals surface area contributed by atoms with Gasteiger partial charge in [-0.15, -0.1) is 0 Å². The molecule has 168 valence electrons. The average molecular weight is 460 g/mol. The van der Waals surface area contributed by atoms with Gasteiger partial charge in [0.2, 0.25) is 0 Å². The number of esters is 1. The van der Waals surface area contributed by atoms with Gasteiger partial charge >= 0.3 is 5.97 Å². The van der Waals surface area contributed by atoms with E-state index in [9.17, 15) is 4.79 Å². The van der Waals surface area contributed by atoms with Crippen molar-refractivity contribution in [2.75, 3.05) is 13.2 Å². The molecule has 0 amide bonds. The third-order valence-electron chi connectivity index (χ3n) is 4.95. The number of ether oxygens (including phenoxy) is 2. The predicted octanol–water partition coefficient (Wildman–Crippen LogP) is 6.06. The molecule has 0 spiro atoms. The highest BCUT2D eigenvalue weighted by molar-refractivity contribution is 7.08. The normalized spacial score (nSPS) is 10.7. The van der Waals surface area contributed by atoms with Crippen molar-refractivity contribution in [1.29, 1.82) is 0 Å². The summed E-state index contributed by atoms with van der Waals surface area (Å²) in [5, 5.41) is 3.68. The fraction of sp³-hybridized carbons (Fsp3) is 0.231. The summed E-state index contributed by atoms with van der Waals surface area (Å²) in [6.45, 7) is 1.04. The molecule has 0 aliphatic rings. The second-order valence-corrected chi connectivity index (χ2v) is 8.19. The molecule has 0 aliphatic carbocycles. The molecule has 4 aromatic heterocycles. The number of nitrogens with zero attached hydrogens (tertiary/aromatic N) is 3. The van der Waals surface area contributed by atoms with Crippen LogP contribution >= 0.6 is 11.3 Å². The summed E-state index contributed by atoms with van der Waals surface area (Å²) in [6.07, 6.45) is 7.25. The Morgan fingerprint density at radius 2 is 1.45 bits per heavy atom. The number of aromatic nitrogens is 3. The van der Waals surface area contributed by atoms with Crippen molar-refractivity contribution < 1.29 is 14.3 Å². The average Bonchev–Trinajstić information content (AvgIpc) is 3.42. The Labute approximate surface area is 197 Å². The first-order chi connectivity index (χ1) is 16.3. The summed E-state index contributed by atoms with van der Waals surface area (Å²) in [5.41, 5.74) is 3.71. The lowest BCUT2D eigenvalue weighted by molar-refractivity contribution is 0.0498. The van der Waals surface area contributed by atoms with Crippen LogP contribution in [0, 0.1) is 0 Å². The van der Waals surface area contributed by atoms with Crippen molar-refractivity contribution >= 4 is 17.3 Å². The van der Waals surface area contributed by atoms with Gasteiger partial charge in [-0.3, -0.25) is 9.97 Å². The van der Waals surface area contributed by atoms with Crippen LogP contribution in [-0.2, 0) is 4.74 Å². The SMILES string of the molecule is O=C(OCCCCCCOc1cc(-c2ccccn2)nc(-c2ccccn2)c1)c1ccsc1. The van der Waals surface area contributed by atoms with Crippen LogP contribution in [0.15, 0.2) is 77.8 Å². The largest absolute Gasteiger partial charge is 0.493 e. The van der Waals surface area contributed by atoms with E-state index in [4.69, 9.17) is 14.5 Å². The van der Waals surface area contributed by atoms with Crippen molar-refractivity contribution in [3.05, 3.63) is 83.3 Å². The Balaban J connectivity index is 1.27. The Bertz CT molecular complexity index is 1080. The Morgan fingerprint density at radius 1 is 0.788 bits per heavy atom. The fourth-order valence-electron chi connectivity index (χ4n) is 3.26. The molecule has 0 atom stereocenters. The van der Waals surface area contributed by atoms with E-state index in [1.807, 2.05) is 53.9 Å². The lowest BCUT2D eigenvalue weighted by Crippen LogP contribution is -2.05. The molecule has 0 saturated carbocycles. The van der Waals surface area contributed by atoms with Crippen LogP contribution in [0.5, 0.6) is 5.75 Å². The van der Waals surface area contributed by atoms with Crippen LogP contribution in [-0.4, -0.2) is 34.1 Å². The molecule has 0 saturated heterocycles. The molecule has 4 aromatic rings. The molecule has 7 heteroatoms. The first kappa shape index (κ1) is 22.6. The third kappa shape index (κ3) is 6.70. The standard InChI is InChI=1S/C26H25N3O3S/c30-26(20-11-16-33-19-20)32-15-8-2-1-7-14-31-21-17-24(22-9-3-5-12-27-22)29-25(18-21)23-10-4-6-13-28-23/h3-6,9-13,16-19H,1-2,7-8,14-15H2. The minimum atomic E-state index is -0.246. The zero-order valence-corrected chi connectivity index (χ0v) is 19.0. The molecular formula is C26H25N3O3S. The summed E-state index contributed by atoms with van der Waals surface area (Å²) >= 11 is 1.49. The van der Waals surface area contributed by atoms with E-state index >= 15 is 0 Å². The van der Waals surface area contributed by atoms with E-state index in [1.54, 1.807) is 23.8 Å². The number of pyridine rings is 3. The number of rotatable bonds is 11. The van der Waals surface area contributed by atoms with Crippen molar-refractivity contribution in [2.45, 2.75) is 25.7 Å². The summed E-state index contributed by atoms with van der Waals surface area (Å²) < 4.78 is 11.3. The van der Waals surface area contributed by atoms with Gasteiger partial charge in [-0.1, -0.05) is 12.1 Å². The maximum absolute atomic E-state index is 11.8. The van der Waals surface area contributed by atoms with E-state index in [0.717, 1.165) is 54.2 Å². The molecule has 0 N–H and O–H groups in total. The Kier molecular flexibility index (Phi) is 8.14. The maximum Gasteiger partial charge on any atom is 0.338 e.